The number of aliphatic hydroxyl groups is 1. The molecule has 0 spiro atoms. The minimum atomic E-state index is 0. The molecule has 221 valence electrons. The number of fused-ring (bicyclic) bond motifs is 1. The molecule has 41 heavy (non-hydrogen) atoms. The summed E-state index contributed by atoms with van der Waals surface area (Å²) in [4.78, 5) is 17.7. The number of pyridine rings is 1. The fourth-order valence-electron chi connectivity index (χ4n) is 5.12. The third kappa shape index (κ3) is 8.70. The number of rotatable bonds is 9. The molecule has 2 aromatic heterocycles. The molecule has 0 bridgehead atoms. The number of carbonyl (C=O) groups excluding carboxylic acids is 1. The molecule has 0 aliphatic rings. The zero-order valence-corrected chi connectivity index (χ0v) is 28.9. The van der Waals surface area contributed by atoms with E-state index in [-0.39, 0.29) is 43.5 Å². The maximum Gasteiger partial charge on any atom is 0.162 e. The van der Waals surface area contributed by atoms with Gasteiger partial charge in [0.2, 0.25) is 0 Å². The van der Waals surface area contributed by atoms with Gasteiger partial charge >= 0.3 is 0 Å². The molecule has 0 amide bonds. The quantitative estimate of drug-likeness (QED) is 0.105. The topological polar surface area (TPSA) is 50.2 Å². The predicted octanol–water partition coefficient (Wildman–Crippen LogP) is 10.5. The molecule has 0 fully saturated rings. The Balaban J connectivity index is 0.000000320. The molecular formula is C36H44IrNO2S-. The van der Waals surface area contributed by atoms with Crippen LogP contribution >= 0.6 is 11.3 Å². The van der Waals surface area contributed by atoms with Crippen LogP contribution in [0.15, 0.2) is 60.5 Å². The van der Waals surface area contributed by atoms with E-state index >= 15 is 0 Å². The van der Waals surface area contributed by atoms with Gasteiger partial charge in [0, 0.05) is 59.5 Å². The van der Waals surface area contributed by atoms with Crippen molar-refractivity contribution in [3.63, 3.8) is 0 Å². The minimum absolute atomic E-state index is 0. The van der Waals surface area contributed by atoms with Crippen LogP contribution < -0.4 is 0 Å². The van der Waals surface area contributed by atoms with E-state index < -0.39 is 0 Å². The average molecular weight is 747 g/mol. The van der Waals surface area contributed by atoms with Gasteiger partial charge in [0.15, 0.2) is 5.78 Å². The first kappa shape index (κ1) is 34.6. The number of carbonyl (C=O) groups is 1. The molecule has 0 saturated heterocycles. The first-order chi connectivity index (χ1) is 19.1. The van der Waals surface area contributed by atoms with E-state index in [4.69, 9.17) is 4.98 Å². The monoisotopic (exact) mass is 747 g/mol. The number of nitrogens with zero attached hydrogens (tertiary/aromatic N) is 1. The minimum Gasteiger partial charge on any atom is -0.512 e. The first-order valence-corrected chi connectivity index (χ1v) is 15.3. The molecule has 0 aliphatic carbocycles. The summed E-state index contributed by atoms with van der Waals surface area (Å²) in [7, 11) is 0. The van der Waals surface area contributed by atoms with Crippen LogP contribution in [0.25, 0.3) is 31.8 Å². The van der Waals surface area contributed by atoms with Crippen LogP contribution in [0.1, 0.15) is 75.6 Å². The van der Waals surface area contributed by atoms with Gasteiger partial charge in [-0.15, -0.1) is 46.2 Å². The molecule has 0 saturated carbocycles. The van der Waals surface area contributed by atoms with Crippen LogP contribution in [0.3, 0.4) is 0 Å². The van der Waals surface area contributed by atoms with Gasteiger partial charge in [0.05, 0.1) is 5.76 Å². The van der Waals surface area contributed by atoms with Crippen LogP contribution in [0, 0.1) is 45.6 Å². The summed E-state index contributed by atoms with van der Waals surface area (Å²) in [5.74, 6) is 0.547. The van der Waals surface area contributed by atoms with E-state index in [1.54, 1.807) is 0 Å². The number of aryl methyl sites for hydroxylation is 4. The van der Waals surface area contributed by atoms with Gasteiger partial charge in [0.25, 0.3) is 0 Å². The van der Waals surface area contributed by atoms with Crippen LogP contribution in [0.5, 0.6) is 0 Å². The molecule has 4 aromatic rings. The number of ketones is 1. The first-order valence-electron chi connectivity index (χ1n) is 14.5. The predicted molar refractivity (Wildman–Crippen MR) is 172 cm³/mol. The number of hydrogen-bond donors (Lipinski definition) is 1. The van der Waals surface area contributed by atoms with E-state index in [1.807, 2.05) is 45.2 Å². The molecule has 0 aliphatic heterocycles. The number of aliphatic hydroxyl groups excluding tert-OH is 1. The summed E-state index contributed by atoms with van der Waals surface area (Å²) in [6.07, 6.45) is 6.82. The van der Waals surface area contributed by atoms with Crippen LogP contribution in [-0.2, 0) is 24.9 Å². The van der Waals surface area contributed by atoms with Gasteiger partial charge in [-0.05, 0) is 62.1 Å². The van der Waals surface area contributed by atoms with Gasteiger partial charge < -0.3 is 10.1 Å². The van der Waals surface area contributed by atoms with Crippen molar-refractivity contribution in [3.8, 4) is 21.7 Å². The fraction of sp³-hybridized carbons (Fsp3) is 0.389. The zero-order chi connectivity index (χ0) is 29.4. The second kappa shape index (κ2) is 16.2. The largest absolute Gasteiger partial charge is 0.512 e. The summed E-state index contributed by atoms with van der Waals surface area (Å²) in [5.41, 5.74) is 8.42. The Morgan fingerprint density at radius 3 is 2.07 bits per heavy atom. The van der Waals surface area contributed by atoms with Crippen molar-refractivity contribution in [2.75, 3.05) is 0 Å². The van der Waals surface area contributed by atoms with Crippen molar-refractivity contribution < 1.29 is 30.0 Å². The van der Waals surface area contributed by atoms with E-state index in [1.165, 1.54) is 43.3 Å². The molecule has 5 heteroatoms. The van der Waals surface area contributed by atoms with Crippen molar-refractivity contribution in [1.82, 2.24) is 4.98 Å². The maximum absolute atomic E-state index is 11.7. The molecule has 0 atom stereocenters. The Labute approximate surface area is 264 Å². The third-order valence-electron chi connectivity index (χ3n) is 7.65. The van der Waals surface area contributed by atoms with Crippen molar-refractivity contribution in [1.29, 1.82) is 0 Å². The Morgan fingerprint density at radius 2 is 1.51 bits per heavy atom. The Kier molecular flexibility index (Phi) is 13.6. The number of aromatic nitrogens is 1. The third-order valence-corrected chi connectivity index (χ3v) is 9.02. The summed E-state index contributed by atoms with van der Waals surface area (Å²) < 4.78 is 1.25. The van der Waals surface area contributed by atoms with Crippen molar-refractivity contribution >= 4 is 27.2 Å². The van der Waals surface area contributed by atoms with Crippen molar-refractivity contribution in [2.24, 2.45) is 11.8 Å². The van der Waals surface area contributed by atoms with E-state index in [0.29, 0.717) is 0 Å². The van der Waals surface area contributed by atoms with Crippen LogP contribution in [-0.4, -0.2) is 15.9 Å². The van der Waals surface area contributed by atoms with Gasteiger partial charge in [-0.2, -0.15) is 0 Å². The number of benzene rings is 2. The molecular weight excluding hydrogens is 703 g/mol. The molecule has 2 heterocycles. The second-order valence-corrected chi connectivity index (χ2v) is 11.7. The van der Waals surface area contributed by atoms with Crippen molar-refractivity contribution in [3.05, 3.63) is 88.8 Å². The summed E-state index contributed by atoms with van der Waals surface area (Å²) in [6, 6.07) is 18.7. The van der Waals surface area contributed by atoms with E-state index in [9.17, 15) is 9.90 Å². The SMILES string of the molecule is CCC(CC)C(=O)/C=C(\O)C(CC)CC.Cc1[c-]c(-c2nccc3c(C)c(-c4ccc(C)cc4)sc23)cc(C)c1.[Ir]. The van der Waals surface area contributed by atoms with Crippen LogP contribution in [0.4, 0.5) is 0 Å². The van der Waals surface area contributed by atoms with Crippen LogP contribution in [0.2, 0.25) is 0 Å². The Bertz CT molecular complexity index is 1440. The molecule has 4 rings (SSSR count). The summed E-state index contributed by atoms with van der Waals surface area (Å²) >= 11 is 1.83. The fourth-order valence-corrected chi connectivity index (χ4v) is 6.43. The Hall–Kier alpha value is -2.59. The van der Waals surface area contributed by atoms with Gasteiger partial charge in [0.1, 0.15) is 0 Å². The molecule has 3 nitrogen and oxygen atoms in total. The Morgan fingerprint density at radius 1 is 0.902 bits per heavy atom. The second-order valence-electron chi connectivity index (χ2n) is 10.7. The number of thiophene rings is 1. The molecule has 0 unspecified atom stereocenters. The standard InChI is InChI=1S/C23H20NS.C13H24O2.Ir/c1-14-5-7-18(8-6-14)22-17(4)20-9-10-24-21(23(20)25-22)19-12-15(2)11-16(3)13-19;1-5-10(6-2)12(14)9-13(15)11(7-3)8-4;/h5-12H,1-4H3;9-11,14H,5-8H2,1-4H3;/q-1;;/b;12-9-;. The normalized spacial score (nSPS) is 11.4. The zero-order valence-electron chi connectivity index (χ0n) is 25.7. The number of hydrogen-bond acceptors (Lipinski definition) is 4. The molecule has 1 radical (unpaired) electrons. The van der Waals surface area contributed by atoms with Gasteiger partial charge in [-0.1, -0.05) is 71.4 Å². The average Bonchev–Trinajstić information content (AvgIpc) is 3.26. The smallest absolute Gasteiger partial charge is 0.162 e. The molecule has 1 N–H and O–H groups in total. The van der Waals surface area contributed by atoms with Gasteiger partial charge in [-0.25, -0.2) is 0 Å². The molecule has 2 aromatic carbocycles. The summed E-state index contributed by atoms with van der Waals surface area (Å²) in [5, 5.41) is 11.0. The maximum atomic E-state index is 11.7. The van der Waals surface area contributed by atoms with E-state index in [0.717, 1.165) is 42.5 Å². The van der Waals surface area contributed by atoms with E-state index in [2.05, 4.69) is 76.2 Å². The number of allylic oxidation sites excluding steroid dienone is 2. The summed E-state index contributed by atoms with van der Waals surface area (Å²) in [6.45, 7) is 16.6. The van der Waals surface area contributed by atoms with Crippen molar-refractivity contribution in [2.45, 2.75) is 81.1 Å². The van der Waals surface area contributed by atoms with Gasteiger partial charge in [-0.3, -0.25) is 4.79 Å².